The van der Waals surface area contributed by atoms with Crippen molar-refractivity contribution in [1.82, 2.24) is 4.90 Å². The van der Waals surface area contributed by atoms with Crippen LogP contribution in [0.5, 0.6) is 0 Å². The summed E-state index contributed by atoms with van der Waals surface area (Å²) in [6.45, 7) is -0.669. The molecule has 122 valence electrons. The molecule has 0 radical (unpaired) electrons. The van der Waals surface area contributed by atoms with E-state index in [0.29, 0.717) is 4.90 Å². The number of fused-ring (bicyclic) bond motifs is 1. The fraction of sp³-hybridized carbons (Fsp3) is 0.0625. The predicted octanol–water partition coefficient (Wildman–Crippen LogP) is 2.85. The third-order valence-corrected chi connectivity index (χ3v) is 3.70. The van der Waals surface area contributed by atoms with Gasteiger partial charge in [-0.2, -0.15) is 0 Å². The third-order valence-electron chi connectivity index (χ3n) is 3.46. The van der Waals surface area contributed by atoms with E-state index in [4.69, 9.17) is 11.6 Å². The van der Waals surface area contributed by atoms with E-state index in [1.165, 1.54) is 18.2 Å². The number of hydrogen-bond acceptors (Lipinski definition) is 3. The van der Waals surface area contributed by atoms with Gasteiger partial charge in [-0.1, -0.05) is 17.7 Å². The second-order valence-electron chi connectivity index (χ2n) is 5.03. The van der Waals surface area contributed by atoms with Crippen LogP contribution in [0.1, 0.15) is 20.7 Å². The third kappa shape index (κ3) is 2.74. The van der Waals surface area contributed by atoms with Gasteiger partial charge in [-0.05, 0) is 30.3 Å². The minimum atomic E-state index is -0.961. The van der Waals surface area contributed by atoms with Gasteiger partial charge in [0.05, 0.1) is 11.1 Å². The molecular weight excluding hydrogens is 342 g/mol. The summed E-state index contributed by atoms with van der Waals surface area (Å²) in [5.41, 5.74) is -0.436. The molecule has 3 amide bonds. The van der Waals surface area contributed by atoms with Crippen LogP contribution in [0.25, 0.3) is 0 Å². The topological polar surface area (TPSA) is 66.5 Å². The maximum atomic E-state index is 13.5. The first kappa shape index (κ1) is 16.1. The average Bonchev–Trinajstić information content (AvgIpc) is 2.76. The maximum absolute atomic E-state index is 13.5. The number of halogens is 3. The molecular formula is C16H9ClF2N2O3. The molecule has 2 aromatic carbocycles. The number of carbonyl (C=O) groups is 3. The molecule has 0 unspecified atom stereocenters. The van der Waals surface area contributed by atoms with Crippen LogP contribution >= 0.6 is 11.6 Å². The molecule has 0 spiro atoms. The van der Waals surface area contributed by atoms with Crippen LogP contribution in [0, 0.1) is 11.6 Å². The summed E-state index contributed by atoms with van der Waals surface area (Å²) in [7, 11) is 0. The molecule has 0 aromatic heterocycles. The highest BCUT2D eigenvalue weighted by atomic mass is 35.5. The molecule has 0 atom stereocenters. The Morgan fingerprint density at radius 2 is 1.67 bits per heavy atom. The van der Waals surface area contributed by atoms with Gasteiger partial charge in [0.25, 0.3) is 11.8 Å². The molecule has 2 aromatic rings. The van der Waals surface area contributed by atoms with E-state index in [9.17, 15) is 23.2 Å². The van der Waals surface area contributed by atoms with Gasteiger partial charge in [0.1, 0.15) is 23.9 Å². The molecule has 0 fully saturated rings. The lowest BCUT2D eigenvalue weighted by atomic mass is 10.1. The van der Waals surface area contributed by atoms with Crippen LogP contribution in [0.15, 0.2) is 36.4 Å². The molecule has 0 saturated heterocycles. The monoisotopic (exact) mass is 350 g/mol. The minimum absolute atomic E-state index is 0.0809. The molecule has 0 bridgehead atoms. The number of rotatable bonds is 3. The van der Waals surface area contributed by atoms with Crippen LogP contribution < -0.4 is 5.32 Å². The standard InChI is InChI=1S/C16H9ClF2N2O3/c17-8-4-5-9-10(6-8)16(24)21(15(9)23)7-13(22)20-14-11(18)2-1-3-12(14)19/h1-6H,7H2,(H,20,22). The van der Waals surface area contributed by atoms with E-state index in [-0.39, 0.29) is 16.1 Å². The number of anilines is 1. The Labute approximate surface area is 139 Å². The predicted molar refractivity (Wildman–Crippen MR) is 81.8 cm³/mol. The second kappa shape index (κ2) is 6.01. The summed E-state index contributed by atoms with van der Waals surface area (Å²) in [6, 6.07) is 7.25. The summed E-state index contributed by atoms with van der Waals surface area (Å²) < 4.78 is 27.0. The average molecular weight is 351 g/mol. The number of nitrogens with one attached hydrogen (secondary N) is 1. The van der Waals surface area contributed by atoms with Gasteiger partial charge in [-0.15, -0.1) is 0 Å². The van der Waals surface area contributed by atoms with Gasteiger partial charge in [-0.3, -0.25) is 19.3 Å². The summed E-state index contributed by atoms with van der Waals surface area (Å²) in [6.07, 6.45) is 0. The van der Waals surface area contributed by atoms with Crippen molar-refractivity contribution in [3.63, 3.8) is 0 Å². The van der Waals surface area contributed by atoms with E-state index in [0.717, 1.165) is 18.2 Å². The smallest absolute Gasteiger partial charge is 0.262 e. The van der Waals surface area contributed by atoms with Gasteiger partial charge in [0.2, 0.25) is 5.91 Å². The number of amides is 3. The highest BCUT2D eigenvalue weighted by molar-refractivity contribution is 6.32. The van der Waals surface area contributed by atoms with E-state index in [2.05, 4.69) is 0 Å². The fourth-order valence-electron chi connectivity index (χ4n) is 2.35. The number of carbonyl (C=O) groups excluding carboxylic acids is 3. The molecule has 1 N–H and O–H groups in total. The van der Waals surface area contributed by atoms with Gasteiger partial charge < -0.3 is 5.32 Å². The van der Waals surface area contributed by atoms with Crippen molar-refractivity contribution in [2.24, 2.45) is 0 Å². The SMILES string of the molecule is O=C(CN1C(=O)c2ccc(Cl)cc2C1=O)Nc1c(F)cccc1F. The largest absolute Gasteiger partial charge is 0.320 e. The van der Waals surface area contributed by atoms with Crippen molar-refractivity contribution < 1.29 is 23.2 Å². The van der Waals surface area contributed by atoms with Crippen LogP contribution in [0.4, 0.5) is 14.5 Å². The summed E-state index contributed by atoms with van der Waals surface area (Å²) in [5, 5.41) is 2.30. The highest BCUT2D eigenvalue weighted by Gasteiger charge is 2.36. The van der Waals surface area contributed by atoms with Crippen molar-refractivity contribution in [2.75, 3.05) is 11.9 Å². The Morgan fingerprint density at radius 1 is 1.04 bits per heavy atom. The van der Waals surface area contributed by atoms with Crippen LogP contribution in [0.3, 0.4) is 0 Å². The Kier molecular flexibility index (Phi) is 4.02. The first-order valence-electron chi connectivity index (χ1n) is 6.78. The fourth-order valence-corrected chi connectivity index (χ4v) is 2.52. The molecule has 3 rings (SSSR count). The number of hydrogen-bond donors (Lipinski definition) is 1. The quantitative estimate of drug-likeness (QED) is 0.866. The van der Waals surface area contributed by atoms with Gasteiger partial charge >= 0.3 is 0 Å². The van der Waals surface area contributed by atoms with Crippen molar-refractivity contribution in [3.05, 3.63) is 64.2 Å². The lowest BCUT2D eigenvalue weighted by Gasteiger charge is -2.14. The van der Waals surface area contributed by atoms with Gasteiger partial charge in [-0.25, -0.2) is 8.78 Å². The van der Waals surface area contributed by atoms with Crippen LogP contribution in [0.2, 0.25) is 5.02 Å². The lowest BCUT2D eigenvalue weighted by Crippen LogP contribution is -2.37. The summed E-state index contributed by atoms with van der Waals surface area (Å²) >= 11 is 5.79. The molecule has 1 aliphatic heterocycles. The molecule has 1 heterocycles. The Morgan fingerprint density at radius 3 is 2.33 bits per heavy atom. The molecule has 8 heteroatoms. The van der Waals surface area contributed by atoms with E-state index >= 15 is 0 Å². The Hall–Kier alpha value is -2.80. The zero-order valence-electron chi connectivity index (χ0n) is 12.0. The zero-order chi connectivity index (χ0) is 17.4. The van der Waals surface area contributed by atoms with Crippen molar-refractivity contribution >= 4 is 35.0 Å². The van der Waals surface area contributed by atoms with E-state index in [1.807, 2.05) is 5.32 Å². The van der Waals surface area contributed by atoms with Gasteiger partial charge in [0, 0.05) is 5.02 Å². The van der Waals surface area contributed by atoms with Crippen molar-refractivity contribution in [2.45, 2.75) is 0 Å². The first-order chi connectivity index (χ1) is 11.4. The zero-order valence-corrected chi connectivity index (χ0v) is 12.7. The second-order valence-corrected chi connectivity index (χ2v) is 5.47. The summed E-state index contributed by atoms with van der Waals surface area (Å²) in [5.74, 6) is -4.19. The number of para-hydroxylation sites is 1. The van der Waals surface area contributed by atoms with E-state index in [1.54, 1.807) is 0 Å². The van der Waals surface area contributed by atoms with Crippen LogP contribution in [-0.2, 0) is 4.79 Å². The van der Waals surface area contributed by atoms with Crippen molar-refractivity contribution in [3.8, 4) is 0 Å². The molecule has 0 saturated carbocycles. The Bertz CT molecular complexity index is 865. The van der Waals surface area contributed by atoms with Gasteiger partial charge in [0.15, 0.2) is 0 Å². The molecule has 0 aliphatic carbocycles. The van der Waals surface area contributed by atoms with E-state index < -0.39 is 41.6 Å². The minimum Gasteiger partial charge on any atom is -0.320 e. The molecule has 24 heavy (non-hydrogen) atoms. The first-order valence-corrected chi connectivity index (χ1v) is 7.16. The molecule has 5 nitrogen and oxygen atoms in total. The Balaban J connectivity index is 1.79. The maximum Gasteiger partial charge on any atom is 0.262 e. The highest BCUT2D eigenvalue weighted by Crippen LogP contribution is 2.26. The number of imide groups is 1. The normalized spacial score (nSPS) is 13.2. The number of nitrogens with zero attached hydrogens (tertiary/aromatic N) is 1. The molecule has 1 aliphatic rings. The summed E-state index contributed by atoms with van der Waals surface area (Å²) in [4.78, 5) is 37.0. The lowest BCUT2D eigenvalue weighted by molar-refractivity contribution is -0.116. The van der Waals surface area contributed by atoms with Crippen molar-refractivity contribution in [1.29, 1.82) is 0 Å². The number of benzene rings is 2. The van der Waals surface area contributed by atoms with Crippen LogP contribution in [-0.4, -0.2) is 29.2 Å².